The van der Waals surface area contributed by atoms with Gasteiger partial charge < -0.3 is 4.42 Å². The highest BCUT2D eigenvalue weighted by Gasteiger charge is 2.37. The number of imide groups is 2. The number of rotatable bonds is 3. The minimum absolute atomic E-state index is 0.241. The Morgan fingerprint density at radius 1 is 0.833 bits per heavy atom. The van der Waals surface area contributed by atoms with E-state index in [2.05, 4.69) is 5.32 Å². The van der Waals surface area contributed by atoms with Crippen molar-refractivity contribution >= 4 is 64.4 Å². The summed E-state index contributed by atoms with van der Waals surface area (Å²) < 4.78 is 5.72. The Bertz CT molecular complexity index is 1190. The Morgan fingerprint density at radius 2 is 1.50 bits per heavy atom. The fourth-order valence-electron chi connectivity index (χ4n) is 2.91. The summed E-state index contributed by atoms with van der Waals surface area (Å²) in [5.41, 5.74) is 0.651. The van der Waals surface area contributed by atoms with Gasteiger partial charge in [0.05, 0.1) is 5.69 Å². The van der Waals surface area contributed by atoms with E-state index in [-0.39, 0.29) is 17.0 Å². The van der Waals surface area contributed by atoms with E-state index in [0.717, 1.165) is 4.90 Å². The number of nitrogens with zero attached hydrogens (tertiary/aromatic N) is 1. The van der Waals surface area contributed by atoms with Crippen molar-refractivity contribution in [1.29, 1.82) is 0 Å². The third kappa shape index (κ3) is 3.98. The molecule has 0 unspecified atom stereocenters. The van der Waals surface area contributed by atoms with Gasteiger partial charge in [-0.3, -0.25) is 14.9 Å². The van der Waals surface area contributed by atoms with Gasteiger partial charge in [0.2, 0.25) is 0 Å². The van der Waals surface area contributed by atoms with Gasteiger partial charge in [0.15, 0.2) is 0 Å². The second-order valence-corrected chi connectivity index (χ2v) is 7.60. The predicted octanol–water partition coefficient (Wildman–Crippen LogP) is 5.57. The Balaban J connectivity index is 1.68. The third-order valence-electron chi connectivity index (χ3n) is 4.25. The molecule has 6 nitrogen and oxygen atoms in total. The molecule has 4 amide bonds. The average Bonchev–Trinajstić information content (AvgIpc) is 3.14. The molecular weight excluding hydrogens is 451 g/mol. The molecule has 1 aliphatic heterocycles. The van der Waals surface area contributed by atoms with E-state index in [9.17, 15) is 14.4 Å². The summed E-state index contributed by atoms with van der Waals surface area (Å²) in [6.07, 6.45) is 1.27. The van der Waals surface area contributed by atoms with Gasteiger partial charge in [0.1, 0.15) is 17.1 Å². The number of hydrogen-bond donors (Lipinski definition) is 1. The van der Waals surface area contributed by atoms with Gasteiger partial charge in [-0.1, -0.05) is 34.8 Å². The summed E-state index contributed by atoms with van der Waals surface area (Å²) in [6, 6.07) is 13.4. The third-order valence-corrected chi connectivity index (χ3v) is 4.94. The van der Waals surface area contributed by atoms with Crippen molar-refractivity contribution in [1.82, 2.24) is 5.32 Å². The van der Waals surface area contributed by atoms with Gasteiger partial charge in [-0.05, 0) is 60.7 Å². The molecular formula is C21H11Cl3N2O4. The van der Waals surface area contributed by atoms with E-state index >= 15 is 0 Å². The number of benzene rings is 2. The monoisotopic (exact) mass is 460 g/mol. The van der Waals surface area contributed by atoms with Gasteiger partial charge in [-0.2, -0.15) is 0 Å². The number of hydrogen-bond acceptors (Lipinski definition) is 4. The quantitative estimate of drug-likeness (QED) is 0.408. The Kier molecular flexibility index (Phi) is 5.39. The molecule has 2 heterocycles. The summed E-state index contributed by atoms with van der Waals surface area (Å²) in [6.45, 7) is 0. The minimum atomic E-state index is -0.849. The summed E-state index contributed by atoms with van der Waals surface area (Å²) in [5, 5.41) is 3.47. The van der Waals surface area contributed by atoms with Gasteiger partial charge >= 0.3 is 6.03 Å². The molecule has 1 N–H and O–H groups in total. The van der Waals surface area contributed by atoms with Crippen LogP contribution in [0, 0.1) is 0 Å². The number of furan rings is 1. The average molecular weight is 462 g/mol. The van der Waals surface area contributed by atoms with Crippen molar-refractivity contribution in [2.75, 3.05) is 4.90 Å². The Morgan fingerprint density at radius 3 is 2.17 bits per heavy atom. The maximum Gasteiger partial charge on any atom is 0.335 e. The Labute approximate surface area is 185 Å². The van der Waals surface area contributed by atoms with E-state index in [1.807, 2.05) is 0 Å². The van der Waals surface area contributed by atoms with Gasteiger partial charge in [0.25, 0.3) is 11.8 Å². The van der Waals surface area contributed by atoms with E-state index in [1.165, 1.54) is 30.3 Å². The van der Waals surface area contributed by atoms with Crippen molar-refractivity contribution in [2.24, 2.45) is 0 Å². The first kappa shape index (κ1) is 20.2. The Hall–Kier alpha value is -3.06. The lowest BCUT2D eigenvalue weighted by molar-refractivity contribution is -0.122. The van der Waals surface area contributed by atoms with Gasteiger partial charge in [0, 0.05) is 20.6 Å². The zero-order valence-corrected chi connectivity index (χ0v) is 17.3. The molecule has 3 aromatic rings. The van der Waals surface area contributed by atoms with Gasteiger partial charge in [-0.15, -0.1) is 0 Å². The fourth-order valence-corrected chi connectivity index (χ4v) is 3.56. The number of nitrogens with one attached hydrogen (secondary N) is 1. The molecule has 1 fully saturated rings. The number of carbonyl (C=O) groups is 3. The van der Waals surface area contributed by atoms with Crippen LogP contribution in [0.2, 0.25) is 15.1 Å². The van der Waals surface area contributed by atoms with Crippen LogP contribution in [0.4, 0.5) is 10.5 Å². The zero-order valence-electron chi connectivity index (χ0n) is 15.0. The first-order chi connectivity index (χ1) is 14.3. The largest absolute Gasteiger partial charge is 0.457 e. The van der Waals surface area contributed by atoms with Crippen LogP contribution in [0.5, 0.6) is 0 Å². The normalized spacial score (nSPS) is 15.6. The molecule has 1 aliphatic rings. The van der Waals surface area contributed by atoms with Crippen LogP contribution in [-0.4, -0.2) is 17.8 Å². The van der Waals surface area contributed by atoms with Crippen LogP contribution in [0.3, 0.4) is 0 Å². The van der Waals surface area contributed by atoms with E-state index in [4.69, 9.17) is 39.2 Å². The molecule has 9 heteroatoms. The molecule has 30 heavy (non-hydrogen) atoms. The number of amides is 4. The van der Waals surface area contributed by atoms with Crippen molar-refractivity contribution in [2.45, 2.75) is 0 Å². The molecule has 0 aliphatic carbocycles. The number of halogens is 3. The standard InChI is InChI=1S/C21H11Cl3N2O4/c22-12-1-3-15(4-2-12)26-20(28)17(19(27)25-21(26)29)10-16-5-6-18(30-16)11-7-13(23)9-14(24)8-11/h1-10H,(H,25,27,29). The molecule has 0 radical (unpaired) electrons. The molecule has 0 saturated carbocycles. The van der Waals surface area contributed by atoms with Crippen LogP contribution < -0.4 is 10.2 Å². The number of barbiturate groups is 1. The first-order valence-electron chi connectivity index (χ1n) is 8.55. The SMILES string of the molecule is O=C1NC(=O)N(c2ccc(Cl)cc2)C(=O)C1=Cc1ccc(-c2cc(Cl)cc(Cl)c2)o1. The fraction of sp³-hybridized carbons (Fsp3) is 0. The van der Waals surface area contributed by atoms with E-state index < -0.39 is 17.8 Å². The highest BCUT2D eigenvalue weighted by molar-refractivity contribution is 6.39. The molecule has 0 atom stereocenters. The van der Waals surface area contributed by atoms with Crippen LogP contribution in [0.25, 0.3) is 17.4 Å². The summed E-state index contributed by atoms with van der Waals surface area (Å²) >= 11 is 17.9. The number of urea groups is 1. The summed E-state index contributed by atoms with van der Waals surface area (Å²) in [5.74, 6) is -0.917. The van der Waals surface area contributed by atoms with Crippen molar-refractivity contribution in [3.63, 3.8) is 0 Å². The van der Waals surface area contributed by atoms with E-state index in [0.29, 0.717) is 26.4 Å². The summed E-state index contributed by atoms with van der Waals surface area (Å²) in [4.78, 5) is 38.2. The second-order valence-electron chi connectivity index (χ2n) is 6.29. The summed E-state index contributed by atoms with van der Waals surface area (Å²) in [7, 11) is 0. The number of anilines is 1. The molecule has 150 valence electrons. The van der Waals surface area contributed by atoms with Crippen molar-refractivity contribution < 1.29 is 18.8 Å². The van der Waals surface area contributed by atoms with E-state index in [1.54, 1.807) is 30.3 Å². The van der Waals surface area contributed by atoms with Crippen molar-refractivity contribution in [3.8, 4) is 11.3 Å². The van der Waals surface area contributed by atoms with Crippen LogP contribution >= 0.6 is 34.8 Å². The van der Waals surface area contributed by atoms with Crippen LogP contribution in [0.1, 0.15) is 5.76 Å². The zero-order chi connectivity index (χ0) is 21.4. The molecule has 0 bridgehead atoms. The molecule has 1 aromatic heterocycles. The highest BCUT2D eigenvalue weighted by Crippen LogP contribution is 2.30. The molecule has 2 aromatic carbocycles. The molecule has 1 saturated heterocycles. The van der Waals surface area contributed by atoms with Gasteiger partial charge in [-0.25, -0.2) is 9.69 Å². The first-order valence-corrected chi connectivity index (χ1v) is 9.68. The van der Waals surface area contributed by atoms with Crippen LogP contribution in [-0.2, 0) is 9.59 Å². The lowest BCUT2D eigenvalue weighted by Gasteiger charge is -2.26. The highest BCUT2D eigenvalue weighted by atomic mass is 35.5. The minimum Gasteiger partial charge on any atom is -0.457 e. The maximum atomic E-state index is 12.9. The van der Waals surface area contributed by atoms with Crippen LogP contribution in [0.15, 0.2) is 64.6 Å². The van der Waals surface area contributed by atoms with Crippen molar-refractivity contribution in [3.05, 3.63) is 81.0 Å². The smallest absolute Gasteiger partial charge is 0.335 e. The predicted molar refractivity (Wildman–Crippen MR) is 115 cm³/mol. The lowest BCUT2D eigenvalue weighted by atomic mass is 10.1. The molecule has 4 rings (SSSR count). The topological polar surface area (TPSA) is 79.6 Å². The second kappa shape index (κ2) is 7.99. The number of carbonyl (C=O) groups excluding carboxylic acids is 3. The molecule has 0 spiro atoms. The maximum absolute atomic E-state index is 12.9. The lowest BCUT2D eigenvalue weighted by Crippen LogP contribution is -2.54.